The van der Waals surface area contributed by atoms with E-state index in [2.05, 4.69) is 0 Å². The molecule has 9 heteroatoms. The van der Waals surface area contributed by atoms with Crippen molar-refractivity contribution in [3.8, 4) is 22.8 Å². The van der Waals surface area contributed by atoms with Gasteiger partial charge in [-0.3, -0.25) is 4.79 Å². The molecule has 0 amide bonds. The molecule has 0 aliphatic carbocycles. The average Bonchev–Trinajstić information content (AvgIpc) is 2.75. The molecule has 158 valence electrons. The second-order valence-corrected chi connectivity index (χ2v) is 6.97. The average molecular weight is 416 g/mol. The van der Waals surface area contributed by atoms with E-state index in [0.717, 1.165) is 0 Å². The molecule has 1 aliphatic rings. The van der Waals surface area contributed by atoms with E-state index in [1.807, 2.05) is 0 Å². The number of ether oxygens (including phenoxy) is 2. The van der Waals surface area contributed by atoms with Crippen molar-refractivity contribution in [2.45, 2.75) is 30.7 Å². The molecule has 2 heterocycles. The maximum absolute atomic E-state index is 12.3. The van der Waals surface area contributed by atoms with Gasteiger partial charge in [0.1, 0.15) is 35.8 Å². The molecular weight excluding hydrogens is 396 g/mol. The number of aliphatic hydroxyl groups excluding tert-OH is 4. The predicted molar refractivity (Wildman–Crippen MR) is 104 cm³/mol. The van der Waals surface area contributed by atoms with Crippen molar-refractivity contribution < 1.29 is 39.4 Å². The van der Waals surface area contributed by atoms with Crippen LogP contribution in [0.25, 0.3) is 22.3 Å². The molecule has 0 bridgehead atoms. The molecule has 1 fully saturated rings. The molecule has 5 atom stereocenters. The van der Waals surface area contributed by atoms with Crippen LogP contribution in [0, 0.1) is 0 Å². The topological polar surface area (TPSA) is 150 Å². The number of hydrogen-bond donors (Lipinski definition) is 5. The van der Waals surface area contributed by atoms with Crippen LogP contribution in [0.4, 0.5) is 0 Å². The monoisotopic (exact) mass is 416 g/mol. The van der Waals surface area contributed by atoms with Crippen LogP contribution in [-0.4, -0.2) is 62.8 Å². The number of fused-ring (bicyclic) bond motifs is 1. The molecular formula is C21H20O9. The Bertz CT molecular complexity index is 1110. The Balaban J connectivity index is 1.60. The highest BCUT2D eigenvalue weighted by Crippen LogP contribution is 2.34. The lowest BCUT2D eigenvalue weighted by molar-refractivity contribution is -0.277. The van der Waals surface area contributed by atoms with Crippen molar-refractivity contribution in [3.63, 3.8) is 0 Å². The molecule has 2 aromatic carbocycles. The molecule has 1 saturated heterocycles. The summed E-state index contributed by atoms with van der Waals surface area (Å²) in [4.78, 5) is 12.3. The quantitative estimate of drug-likeness (QED) is 0.406. The van der Waals surface area contributed by atoms with Gasteiger partial charge in [-0.2, -0.15) is 0 Å². The van der Waals surface area contributed by atoms with E-state index < -0.39 is 37.3 Å². The first-order valence-corrected chi connectivity index (χ1v) is 9.22. The summed E-state index contributed by atoms with van der Waals surface area (Å²) in [6.07, 6.45) is -7.30. The van der Waals surface area contributed by atoms with Gasteiger partial charge in [-0.15, -0.1) is 0 Å². The summed E-state index contributed by atoms with van der Waals surface area (Å²) in [5.74, 6) is -0.167. The van der Waals surface area contributed by atoms with Crippen molar-refractivity contribution in [2.75, 3.05) is 6.61 Å². The maximum atomic E-state index is 12.3. The number of rotatable bonds is 4. The minimum Gasteiger partial charge on any atom is -0.504 e. The minimum absolute atomic E-state index is 0.0776. The van der Waals surface area contributed by atoms with Gasteiger partial charge in [0.05, 0.1) is 12.0 Å². The van der Waals surface area contributed by atoms with Gasteiger partial charge in [0.15, 0.2) is 16.9 Å². The lowest BCUT2D eigenvalue weighted by Gasteiger charge is -2.39. The minimum atomic E-state index is -1.61. The third kappa shape index (κ3) is 3.64. The molecule has 0 spiro atoms. The molecule has 3 aromatic rings. The number of aromatic hydroxyl groups is 1. The maximum Gasteiger partial charge on any atom is 0.229 e. The zero-order valence-electron chi connectivity index (χ0n) is 15.6. The SMILES string of the molecule is O=c1cc(-c2ccc(O[C@@H]3O[C@H](CO)[C@H](O)[C@H](O)[C@H]3O)c(O)c2)oc2ccccc12. The van der Waals surface area contributed by atoms with E-state index in [9.17, 15) is 30.3 Å². The van der Waals surface area contributed by atoms with Crippen molar-refractivity contribution >= 4 is 11.0 Å². The van der Waals surface area contributed by atoms with Crippen LogP contribution in [0.15, 0.2) is 57.7 Å². The van der Waals surface area contributed by atoms with E-state index in [-0.39, 0.29) is 22.7 Å². The van der Waals surface area contributed by atoms with Gasteiger partial charge < -0.3 is 39.4 Å². The highest BCUT2D eigenvalue weighted by molar-refractivity contribution is 5.78. The first-order valence-electron chi connectivity index (χ1n) is 9.22. The predicted octanol–water partition coefficient (Wildman–Crippen LogP) is 0.344. The van der Waals surface area contributed by atoms with Crippen LogP contribution < -0.4 is 10.2 Å². The summed E-state index contributed by atoms with van der Waals surface area (Å²) in [6, 6.07) is 12.3. The van der Waals surface area contributed by atoms with Crippen LogP contribution in [-0.2, 0) is 4.74 Å². The highest BCUT2D eigenvalue weighted by atomic mass is 16.7. The van der Waals surface area contributed by atoms with E-state index in [0.29, 0.717) is 16.5 Å². The first-order chi connectivity index (χ1) is 14.4. The number of phenols is 1. The Morgan fingerprint density at radius 1 is 0.967 bits per heavy atom. The number of hydrogen-bond acceptors (Lipinski definition) is 9. The van der Waals surface area contributed by atoms with Gasteiger partial charge in [0.25, 0.3) is 0 Å². The zero-order chi connectivity index (χ0) is 21.4. The van der Waals surface area contributed by atoms with Crippen molar-refractivity contribution in [1.82, 2.24) is 0 Å². The van der Waals surface area contributed by atoms with Gasteiger partial charge in [0.2, 0.25) is 6.29 Å². The third-order valence-electron chi connectivity index (χ3n) is 4.97. The lowest BCUT2D eigenvalue weighted by atomic mass is 9.99. The summed E-state index contributed by atoms with van der Waals surface area (Å²) in [5.41, 5.74) is 0.589. The fourth-order valence-electron chi connectivity index (χ4n) is 3.31. The summed E-state index contributed by atoms with van der Waals surface area (Å²) in [6.45, 7) is -0.600. The Morgan fingerprint density at radius 2 is 1.73 bits per heavy atom. The summed E-state index contributed by atoms with van der Waals surface area (Å²) in [5, 5.41) is 49.8. The van der Waals surface area contributed by atoms with Crippen LogP contribution in [0.2, 0.25) is 0 Å². The Hall–Kier alpha value is -2.95. The molecule has 4 rings (SSSR count). The molecule has 1 aliphatic heterocycles. The molecule has 9 nitrogen and oxygen atoms in total. The van der Waals surface area contributed by atoms with Crippen molar-refractivity contribution in [3.05, 3.63) is 58.8 Å². The van der Waals surface area contributed by atoms with Gasteiger partial charge in [-0.05, 0) is 30.3 Å². The van der Waals surface area contributed by atoms with Crippen molar-refractivity contribution in [1.29, 1.82) is 0 Å². The molecule has 5 N–H and O–H groups in total. The second kappa shape index (κ2) is 8.05. The molecule has 0 radical (unpaired) electrons. The van der Waals surface area contributed by atoms with E-state index in [4.69, 9.17) is 13.9 Å². The Kier molecular flexibility index (Phi) is 5.46. The van der Waals surface area contributed by atoms with Crippen LogP contribution in [0.3, 0.4) is 0 Å². The Labute approximate surface area is 170 Å². The largest absolute Gasteiger partial charge is 0.504 e. The van der Waals surface area contributed by atoms with E-state index in [1.54, 1.807) is 24.3 Å². The van der Waals surface area contributed by atoms with E-state index in [1.165, 1.54) is 24.3 Å². The van der Waals surface area contributed by atoms with Crippen LogP contribution >= 0.6 is 0 Å². The van der Waals surface area contributed by atoms with Gasteiger partial charge in [-0.25, -0.2) is 0 Å². The number of benzene rings is 2. The summed E-state index contributed by atoms with van der Waals surface area (Å²) in [7, 11) is 0. The van der Waals surface area contributed by atoms with Gasteiger partial charge in [-0.1, -0.05) is 12.1 Å². The first kappa shape index (κ1) is 20.3. The van der Waals surface area contributed by atoms with Crippen molar-refractivity contribution in [2.24, 2.45) is 0 Å². The zero-order valence-corrected chi connectivity index (χ0v) is 15.6. The lowest BCUT2D eigenvalue weighted by Crippen LogP contribution is -2.60. The normalized spacial score (nSPS) is 26.6. The van der Waals surface area contributed by atoms with Crippen LogP contribution in [0.5, 0.6) is 11.5 Å². The fraction of sp³-hybridized carbons (Fsp3) is 0.286. The third-order valence-corrected chi connectivity index (χ3v) is 4.97. The van der Waals surface area contributed by atoms with Crippen LogP contribution in [0.1, 0.15) is 0 Å². The number of phenolic OH excluding ortho intramolecular Hbond substituents is 1. The number of para-hydroxylation sites is 1. The molecule has 30 heavy (non-hydrogen) atoms. The Morgan fingerprint density at radius 3 is 2.47 bits per heavy atom. The molecule has 0 unspecified atom stereocenters. The second-order valence-electron chi connectivity index (χ2n) is 6.97. The van der Waals surface area contributed by atoms with Gasteiger partial charge in [0, 0.05) is 11.6 Å². The van der Waals surface area contributed by atoms with E-state index >= 15 is 0 Å². The smallest absolute Gasteiger partial charge is 0.229 e. The molecule has 0 saturated carbocycles. The molecule has 1 aromatic heterocycles. The fourth-order valence-corrected chi connectivity index (χ4v) is 3.31. The summed E-state index contributed by atoms with van der Waals surface area (Å²) >= 11 is 0. The summed E-state index contributed by atoms with van der Waals surface area (Å²) < 4.78 is 16.4. The highest BCUT2D eigenvalue weighted by Gasteiger charge is 2.44. The number of aliphatic hydroxyl groups is 4. The standard InChI is InChI=1S/C21H20O9/c22-9-17-18(25)19(26)20(27)21(30-17)29-15-6-5-10(7-13(15)24)16-8-12(23)11-3-1-2-4-14(11)28-16/h1-8,17-22,24-27H,9H2/t17-,18+,19+,20-,21-/m1/s1. The van der Waals surface area contributed by atoms with Gasteiger partial charge >= 0.3 is 0 Å².